The number of nitrogens with one attached hydrogen (secondary N) is 2. The van der Waals surface area contributed by atoms with E-state index in [0.717, 1.165) is 6.42 Å². The highest BCUT2D eigenvalue weighted by Crippen LogP contribution is 2.06. The molecule has 0 unspecified atom stereocenters. The van der Waals surface area contributed by atoms with Crippen molar-refractivity contribution in [1.82, 2.24) is 15.5 Å². The third kappa shape index (κ3) is 7.79. The Morgan fingerprint density at radius 2 is 1.78 bits per heavy atom. The molecule has 0 aliphatic carbocycles. The van der Waals surface area contributed by atoms with Crippen LogP contribution in [0.2, 0.25) is 0 Å². The topological polar surface area (TPSA) is 61.4 Å². The number of carbonyl (C=O) groups excluding carboxylic acids is 2. The van der Waals surface area contributed by atoms with Crippen molar-refractivity contribution in [3.8, 4) is 0 Å². The summed E-state index contributed by atoms with van der Waals surface area (Å²) < 4.78 is 0. The van der Waals surface area contributed by atoms with Crippen LogP contribution in [0.1, 0.15) is 31.9 Å². The third-order valence-electron chi connectivity index (χ3n) is 3.61. The van der Waals surface area contributed by atoms with Crippen LogP contribution in [-0.2, 0) is 16.0 Å². The molecule has 2 N–H and O–H groups in total. The van der Waals surface area contributed by atoms with Gasteiger partial charge >= 0.3 is 0 Å². The van der Waals surface area contributed by atoms with Gasteiger partial charge in [-0.3, -0.25) is 14.5 Å². The molecule has 5 nitrogen and oxygen atoms in total. The number of nitrogens with zero attached hydrogens (tertiary/aromatic N) is 1. The van der Waals surface area contributed by atoms with E-state index in [1.807, 2.05) is 37.8 Å². The third-order valence-corrected chi connectivity index (χ3v) is 3.61. The zero-order valence-electron chi connectivity index (χ0n) is 14.7. The molecule has 0 aliphatic rings. The predicted octanol–water partition coefficient (Wildman–Crippen LogP) is 1.50. The van der Waals surface area contributed by atoms with Crippen LogP contribution in [0.4, 0.5) is 0 Å². The Kier molecular flexibility index (Phi) is 8.33. The maximum Gasteiger partial charge on any atom is 0.234 e. The van der Waals surface area contributed by atoms with E-state index in [4.69, 9.17) is 0 Å². The van der Waals surface area contributed by atoms with Crippen LogP contribution in [-0.4, -0.2) is 48.9 Å². The molecule has 0 spiro atoms. The van der Waals surface area contributed by atoms with Gasteiger partial charge in [-0.05, 0) is 44.9 Å². The normalized spacial score (nSPS) is 10.9. The van der Waals surface area contributed by atoms with Gasteiger partial charge in [0.2, 0.25) is 11.8 Å². The Bertz CT molecular complexity index is 515. The van der Waals surface area contributed by atoms with E-state index in [1.54, 1.807) is 0 Å². The van der Waals surface area contributed by atoms with Crippen molar-refractivity contribution >= 4 is 11.8 Å². The first kappa shape index (κ1) is 19.2. The number of rotatable bonds is 9. The molecule has 2 amide bonds. The van der Waals surface area contributed by atoms with Gasteiger partial charge in [-0.2, -0.15) is 0 Å². The van der Waals surface area contributed by atoms with Gasteiger partial charge in [-0.25, -0.2) is 0 Å². The highest BCUT2D eigenvalue weighted by atomic mass is 16.2. The maximum absolute atomic E-state index is 12.0. The zero-order valence-corrected chi connectivity index (χ0v) is 14.7. The van der Waals surface area contributed by atoms with E-state index in [-0.39, 0.29) is 30.9 Å². The number of likely N-dealkylation sites (N-methyl/N-ethyl adjacent to an activating group) is 1. The van der Waals surface area contributed by atoms with Crippen LogP contribution in [0.25, 0.3) is 0 Å². The predicted molar refractivity (Wildman–Crippen MR) is 93.3 cm³/mol. The van der Waals surface area contributed by atoms with E-state index in [9.17, 15) is 9.59 Å². The first-order valence-corrected chi connectivity index (χ1v) is 8.25. The van der Waals surface area contributed by atoms with Crippen LogP contribution in [0.3, 0.4) is 0 Å². The molecule has 1 rings (SSSR count). The maximum atomic E-state index is 12.0. The fourth-order valence-corrected chi connectivity index (χ4v) is 2.34. The number of carbonyl (C=O) groups is 2. The smallest absolute Gasteiger partial charge is 0.234 e. The molecule has 0 heterocycles. The lowest BCUT2D eigenvalue weighted by atomic mass is 10.1. The Labute approximate surface area is 139 Å². The van der Waals surface area contributed by atoms with Gasteiger partial charge in [-0.15, -0.1) is 0 Å². The van der Waals surface area contributed by atoms with Gasteiger partial charge in [0.1, 0.15) is 0 Å². The summed E-state index contributed by atoms with van der Waals surface area (Å²) in [6.45, 7) is 9.64. The van der Waals surface area contributed by atoms with Crippen molar-refractivity contribution in [2.75, 3.05) is 26.2 Å². The Hall–Kier alpha value is -1.88. The summed E-state index contributed by atoms with van der Waals surface area (Å²) >= 11 is 0. The lowest BCUT2D eigenvalue weighted by Crippen LogP contribution is -2.44. The molecule has 0 saturated heterocycles. The lowest BCUT2D eigenvalue weighted by molar-refractivity contribution is -0.125. The molecular weight excluding hydrogens is 290 g/mol. The van der Waals surface area contributed by atoms with E-state index in [1.165, 1.54) is 11.1 Å². The summed E-state index contributed by atoms with van der Waals surface area (Å²) in [5, 5.41) is 5.76. The minimum Gasteiger partial charge on any atom is -0.355 e. The summed E-state index contributed by atoms with van der Waals surface area (Å²) in [6, 6.07) is 8.29. The molecule has 0 aliphatic heterocycles. The van der Waals surface area contributed by atoms with Crippen LogP contribution < -0.4 is 10.6 Å². The van der Waals surface area contributed by atoms with Crippen molar-refractivity contribution in [2.24, 2.45) is 0 Å². The van der Waals surface area contributed by atoms with Crippen molar-refractivity contribution < 1.29 is 9.59 Å². The molecule has 0 radical (unpaired) electrons. The van der Waals surface area contributed by atoms with E-state index < -0.39 is 0 Å². The fourth-order valence-electron chi connectivity index (χ4n) is 2.34. The average molecular weight is 319 g/mol. The van der Waals surface area contributed by atoms with E-state index >= 15 is 0 Å². The first-order chi connectivity index (χ1) is 10.9. The van der Waals surface area contributed by atoms with E-state index in [2.05, 4.69) is 29.7 Å². The number of hydrogen-bond acceptors (Lipinski definition) is 3. The summed E-state index contributed by atoms with van der Waals surface area (Å²) in [5.41, 5.74) is 2.48. The van der Waals surface area contributed by atoms with Gasteiger partial charge in [0.25, 0.3) is 0 Å². The fraction of sp³-hybridized carbons (Fsp3) is 0.556. The van der Waals surface area contributed by atoms with Gasteiger partial charge < -0.3 is 10.6 Å². The summed E-state index contributed by atoms with van der Waals surface area (Å²) in [5.74, 6) is -0.0904. The molecule has 0 aromatic heterocycles. The standard InChI is InChI=1S/C18H29N3O2/c1-5-21(13-18(23)20-14(2)3)12-17(22)19-11-10-16-9-7-6-8-15(16)4/h6-9,14H,5,10-13H2,1-4H3,(H,19,22)(H,20,23). The number of benzene rings is 1. The molecule has 0 saturated carbocycles. The highest BCUT2D eigenvalue weighted by Gasteiger charge is 2.13. The number of hydrogen-bond donors (Lipinski definition) is 2. The second-order valence-electron chi connectivity index (χ2n) is 6.05. The van der Waals surface area contributed by atoms with Crippen LogP contribution in [0, 0.1) is 6.92 Å². The van der Waals surface area contributed by atoms with Crippen molar-refractivity contribution in [3.63, 3.8) is 0 Å². The van der Waals surface area contributed by atoms with Crippen LogP contribution in [0.15, 0.2) is 24.3 Å². The second-order valence-corrected chi connectivity index (χ2v) is 6.05. The highest BCUT2D eigenvalue weighted by molar-refractivity contribution is 5.81. The molecule has 0 bridgehead atoms. The molecular formula is C18H29N3O2. The Balaban J connectivity index is 2.33. The molecule has 23 heavy (non-hydrogen) atoms. The Morgan fingerprint density at radius 1 is 1.13 bits per heavy atom. The van der Waals surface area contributed by atoms with Crippen molar-refractivity contribution in [3.05, 3.63) is 35.4 Å². The SMILES string of the molecule is CCN(CC(=O)NCCc1ccccc1C)CC(=O)NC(C)C. The summed E-state index contributed by atoms with van der Waals surface area (Å²) in [6.07, 6.45) is 0.818. The monoisotopic (exact) mass is 319 g/mol. The molecule has 1 aromatic rings. The molecule has 0 atom stereocenters. The number of amides is 2. The Morgan fingerprint density at radius 3 is 2.39 bits per heavy atom. The second kappa shape index (κ2) is 10.0. The zero-order chi connectivity index (χ0) is 17.2. The minimum atomic E-state index is -0.0467. The van der Waals surface area contributed by atoms with Gasteiger partial charge in [0, 0.05) is 12.6 Å². The van der Waals surface area contributed by atoms with Gasteiger partial charge in [0.15, 0.2) is 0 Å². The van der Waals surface area contributed by atoms with Crippen LogP contribution >= 0.6 is 0 Å². The summed E-state index contributed by atoms with van der Waals surface area (Å²) in [7, 11) is 0. The van der Waals surface area contributed by atoms with Crippen LogP contribution in [0.5, 0.6) is 0 Å². The first-order valence-electron chi connectivity index (χ1n) is 8.25. The van der Waals surface area contributed by atoms with E-state index in [0.29, 0.717) is 13.1 Å². The van der Waals surface area contributed by atoms with Crippen molar-refractivity contribution in [2.45, 2.75) is 40.2 Å². The number of aryl methyl sites for hydroxylation is 1. The molecule has 5 heteroatoms. The van der Waals surface area contributed by atoms with Crippen molar-refractivity contribution in [1.29, 1.82) is 0 Å². The molecule has 128 valence electrons. The van der Waals surface area contributed by atoms with Gasteiger partial charge in [-0.1, -0.05) is 31.2 Å². The average Bonchev–Trinajstić information content (AvgIpc) is 2.47. The molecule has 0 fully saturated rings. The van der Waals surface area contributed by atoms with Gasteiger partial charge in [0.05, 0.1) is 13.1 Å². The molecule has 1 aromatic carbocycles. The summed E-state index contributed by atoms with van der Waals surface area (Å²) in [4.78, 5) is 25.6. The largest absolute Gasteiger partial charge is 0.355 e. The quantitative estimate of drug-likeness (QED) is 0.725. The lowest BCUT2D eigenvalue weighted by Gasteiger charge is -2.20. The minimum absolute atomic E-state index is 0.0437.